The molecule has 2 aromatic rings. The first-order valence-corrected chi connectivity index (χ1v) is 8.50. The van der Waals surface area contributed by atoms with E-state index in [0.717, 1.165) is 21.6 Å². The number of aryl methyl sites for hydroxylation is 1. The van der Waals surface area contributed by atoms with E-state index in [1.807, 2.05) is 55.5 Å². The SMILES string of the molecule is Cc1ccccc1C(O)CNCc1ccc(S(C)=O)cc1. The molecule has 0 aromatic heterocycles. The van der Waals surface area contributed by atoms with E-state index in [0.29, 0.717) is 13.1 Å². The Morgan fingerprint density at radius 1 is 1.14 bits per heavy atom. The van der Waals surface area contributed by atoms with Gasteiger partial charge in [0.15, 0.2) is 0 Å². The predicted molar refractivity (Wildman–Crippen MR) is 86.6 cm³/mol. The number of hydrogen-bond acceptors (Lipinski definition) is 3. The van der Waals surface area contributed by atoms with Gasteiger partial charge in [0.25, 0.3) is 0 Å². The third-order valence-corrected chi connectivity index (χ3v) is 4.41. The largest absolute Gasteiger partial charge is 0.387 e. The van der Waals surface area contributed by atoms with Gasteiger partial charge in [-0.3, -0.25) is 4.21 Å². The number of aliphatic hydroxyl groups is 1. The second-order valence-corrected chi connectivity index (χ2v) is 6.48. The Bertz CT molecular complexity index is 610. The molecule has 0 aliphatic heterocycles. The molecule has 2 atom stereocenters. The molecule has 2 unspecified atom stereocenters. The van der Waals surface area contributed by atoms with Crippen molar-refractivity contribution in [2.75, 3.05) is 12.8 Å². The maximum Gasteiger partial charge on any atom is 0.0917 e. The number of nitrogens with one attached hydrogen (secondary N) is 1. The van der Waals surface area contributed by atoms with Gasteiger partial charge in [0.2, 0.25) is 0 Å². The maximum absolute atomic E-state index is 11.3. The highest BCUT2D eigenvalue weighted by atomic mass is 32.2. The van der Waals surface area contributed by atoms with Crippen molar-refractivity contribution in [3.05, 3.63) is 65.2 Å². The number of aliphatic hydroxyl groups excluding tert-OH is 1. The summed E-state index contributed by atoms with van der Waals surface area (Å²) in [4.78, 5) is 0.832. The summed E-state index contributed by atoms with van der Waals surface area (Å²) in [5.41, 5.74) is 3.17. The average molecular weight is 303 g/mol. The van der Waals surface area contributed by atoms with Gasteiger partial charge in [-0.15, -0.1) is 0 Å². The van der Waals surface area contributed by atoms with Crippen molar-refractivity contribution in [1.82, 2.24) is 5.32 Å². The van der Waals surface area contributed by atoms with Gasteiger partial charge < -0.3 is 10.4 Å². The fourth-order valence-electron chi connectivity index (χ4n) is 2.22. The Labute approximate surface area is 128 Å². The van der Waals surface area contributed by atoms with Crippen LogP contribution in [0.25, 0.3) is 0 Å². The minimum atomic E-state index is -0.938. The maximum atomic E-state index is 11.3. The highest BCUT2D eigenvalue weighted by Gasteiger charge is 2.09. The van der Waals surface area contributed by atoms with E-state index in [2.05, 4.69) is 5.32 Å². The molecule has 2 rings (SSSR count). The molecular formula is C17H21NO2S. The summed E-state index contributed by atoms with van der Waals surface area (Å²) in [5, 5.41) is 13.4. The van der Waals surface area contributed by atoms with Crippen LogP contribution in [0.4, 0.5) is 0 Å². The van der Waals surface area contributed by atoms with Crippen LogP contribution in [-0.4, -0.2) is 22.1 Å². The summed E-state index contributed by atoms with van der Waals surface area (Å²) in [7, 11) is -0.938. The molecular weight excluding hydrogens is 282 g/mol. The first-order chi connectivity index (χ1) is 10.1. The summed E-state index contributed by atoms with van der Waals surface area (Å²) in [6.45, 7) is 3.19. The Hall–Kier alpha value is -1.49. The van der Waals surface area contributed by atoms with E-state index in [4.69, 9.17) is 0 Å². The van der Waals surface area contributed by atoms with Crippen molar-refractivity contribution in [3.8, 4) is 0 Å². The van der Waals surface area contributed by atoms with Crippen LogP contribution in [0.5, 0.6) is 0 Å². The van der Waals surface area contributed by atoms with Crippen molar-refractivity contribution < 1.29 is 9.32 Å². The van der Waals surface area contributed by atoms with Gasteiger partial charge >= 0.3 is 0 Å². The standard InChI is InChI=1S/C17H21NO2S/c1-13-5-3-4-6-16(13)17(19)12-18-11-14-7-9-15(10-8-14)21(2)20/h3-10,17-19H,11-12H2,1-2H3. The van der Waals surface area contributed by atoms with Crippen molar-refractivity contribution in [3.63, 3.8) is 0 Å². The molecule has 2 N–H and O–H groups in total. The molecule has 2 aromatic carbocycles. The lowest BCUT2D eigenvalue weighted by molar-refractivity contribution is 0.173. The zero-order valence-electron chi connectivity index (χ0n) is 12.4. The number of benzene rings is 2. The normalized spacial score (nSPS) is 13.9. The van der Waals surface area contributed by atoms with Gasteiger partial charge in [-0.05, 0) is 35.7 Å². The van der Waals surface area contributed by atoms with E-state index in [9.17, 15) is 9.32 Å². The molecule has 0 fully saturated rings. The molecule has 0 spiro atoms. The minimum absolute atomic E-state index is 0.506. The Balaban J connectivity index is 1.86. The monoisotopic (exact) mass is 303 g/mol. The van der Waals surface area contributed by atoms with Gasteiger partial charge in [-0.2, -0.15) is 0 Å². The van der Waals surface area contributed by atoms with Gasteiger partial charge in [0.05, 0.1) is 6.10 Å². The van der Waals surface area contributed by atoms with Gasteiger partial charge in [0, 0.05) is 35.0 Å². The summed E-state index contributed by atoms with van der Waals surface area (Å²) in [5.74, 6) is 0. The van der Waals surface area contributed by atoms with Crippen LogP contribution >= 0.6 is 0 Å². The first-order valence-electron chi connectivity index (χ1n) is 6.94. The molecule has 0 aliphatic rings. The van der Waals surface area contributed by atoms with Crippen LogP contribution in [0.2, 0.25) is 0 Å². The van der Waals surface area contributed by atoms with E-state index < -0.39 is 16.9 Å². The van der Waals surface area contributed by atoms with Gasteiger partial charge in [-0.1, -0.05) is 36.4 Å². The summed E-state index contributed by atoms with van der Waals surface area (Å²) in [6, 6.07) is 15.5. The highest BCUT2D eigenvalue weighted by Crippen LogP contribution is 2.16. The van der Waals surface area contributed by atoms with Crippen LogP contribution < -0.4 is 5.32 Å². The fraction of sp³-hybridized carbons (Fsp3) is 0.294. The predicted octanol–water partition coefficient (Wildman–Crippen LogP) is 2.56. The van der Waals surface area contributed by atoms with E-state index in [1.165, 1.54) is 0 Å². The molecule has 112 valence electrons. The van der Waals surface area contributed by atoms with Crippen LogP contribution in [-0.2, 0) is 17.3 Å². The average Bonchev–Trinajstić information content (AvgIpc) is 2.48. The molecule has 0 radical (unpaired) electrons. The number of hydrogen-bond donors (Lipinski definition) is 2. The smallest absolute Gasteiger partial charge is 0.0917 e. The highest BCUT2D eigenvalue weighted by molar-refractivity contribution is 7.84. The van der Waals surface area contributed by atoms with E-state index in [1.54, 1.807) is 6.26 Å². The molecule has 0 bridgehead atoms. The van der Waals surface area contributed by atoms with Gasteiger partial charge in [-0.25, -0.2) is 0 Å². The lowest BCUT2D eigenvalue weighted by Crippen LogP contribution is -2.21. The quantitative estimate of drug-likeness (QED) is 0.862. The van der Waals surface area contributed by atoms with Crippen molar-refractivity contribution in [2.24, 2.45) is 0 Å². The van der Waals surface area contributed by atoms with Crippen LogP contribution in [0.1, 0.15) is 22.8 Å². The Morgan fingerprint density at radius 2 is 1.81 bits per heavy atom. The second-order valence-electron chi connectivity index (χ2n) is 5.10. The summed E-state index contributed by atoms with van der Waals surface area (Å²) in [6.07, 6.45) is 1.17. The van der Waals surface area contributed by atoms with Crippen LogP contribution in [0.3, 0.4) is 0 Å². The van der Waals surface area contributed by atoms with E-state index in [-0.39, 0.29) is 0 Å². The van der Waals surface area contributed by atoms with E-state index >= 15 is 0 Å². The third-order valence-electron chi connectivity index (χ3n) is 3.47. The van der Waals surface area contributed by atoms with Crippen molar-refractivity contribution in [1.29, 1.82) is 0 Å². The first kappa shape index (κ1) is 15.9. The zero-order valence-corrected chi connectivity index (χ0v) is 13.2. The molecule has 21 heavy (non-hydrogen) atoms. The van der Waals surface area contributed by atoms with Crippen molar-refractivity contribution >= 4 is 10.8 Å². The van der Waals surface area contributed by atoms with Crippen LogP contribution in [0, 0.1) is 6.92 Å². The third kappa shape index (κ3) is 4.49. The lowest BCUT2D eigenvalue weighted by Gasteiger charge is -2.14. The topological polar surface area (TPSA) is 49.3 Å². The molecule has 0 aliphatic carbocycles. The lowest BCUT2D eigenvalue weighted by atomic mass is 10.0. The van der Waals surface area contributed by atoms with Crippen molar-refractivity contribution in [2.45, 2.75) is 24.5 Å². The number of rotatable bonds is 6. The molecule has 3 nitrogen and oxygen atoms in total. The summed E-state index contributed by atoms with van der Waals surface area (Å²) < 4.78 is 11.3. The minimum Gasteiger partial charge on any atom is -0.387 e. The molecule has 4 heteroatoms. The van der Waals surface area contributed by atoms with Gasteiger partial charge in [0.1, 0.15) is 0 Å². The molecule has 0 saturated carbocycles. The molecule has 0 amide bonds. The molecule has 0 heterocycles. The summed E-state index contributed by atoms with van der Waals surface area (Å²) >= 11 is 0. The molecule has 0 saturated heterocycles. The Kier molecular flexibility index (Phi) is 5.67. The van der Waals surface area contributed by atoms with Crippen LogP contribution in [0.15, 0.2) is 53.4 Å². The second kappa shape index (κ2) is 7.50. The fourth-order valence-corrected chi connectivity index (χ4v) is 2.74. The Morgan fingerprint density at radius 3 is 2.43 bits per heavy atom. The zero-order chi connectivity index (χ0) is 15.2.